The number of rotatable bonds is 7. The van der Waals surface area contributed by atoms with Gasteiger partial charge < -0.3 is 10.6 Å². The van der Waals surface area contributed by atoms with Crippen LogP contribution in [0, 0.1) is 0 Å². The zero-order valence-corrected chi connectivity index (χ0v) is 13.4. The topological polar surface area (TPSA) is 75.4 Å². The summed E-state index contributed by atoms with van der Waals surface area (Å²) in [6.07, 6.45) is 2.43. The van der Waals surface area contributed by atoms with Crippen molar-refractivity contribution in [1.29, 1.82) is 0 Å². The van der Waals surface area contributed by atoms with Crippen LogP contribution in [-0.4, -0.2) is 39.0 Å². The van der Waals surface area contributed by atoms with Gasteiger partial charge in [-0.1, -0.05) is 24.3 Å². The molecule has 0 spiro atoms. The molecular weight excluding hydrogens is 286 g/mol. The third kappa shape index (κ3) is 5.39. The zero-order valence-electron chi connectivity index (χ0n) is 12.6. The van der Waals surface area contributed by atoms with Crippen molar-refractivity contribution >= 4 is 10.0 Å². The minimum atomic E-state index is -3.30. The number of hydrogen-bond acceptors (Lipinski definition) is 4. The van der Waals surface area contributed by atoms with Crippen molar-refractivity contribution in [3.05, 3.63) is 35.4 Å². The molecule has 21 heavy (non-hydrogen) atoms. The molecule has 1 heterocycles. The molecule has 0 radical (unpaired) electrons. The van der Waals surface area contributed by atoms with Crippen molar-refractivity contribution < 1.29 is 8.42 Å². The van der Waals surface area contributed by atoms with E-state index in [0.717, 1.165) is 30.8 Å². The van der Waals surface area contributed by atoms with Crippen molar-refractivity contribution in [2.24, 2.45) is 5.73 Å². The van der Waals surface area contributed by atoms with Gasteiger partial charge in [-0.2, -0.15) is 0 Å². The van der Waals surface area contributed by atoms with Gasteiger partial charge in [0.25, 0.3) is 0 Å². The maximum atomic E-state index is 12.2. The molecule has 1 aliphatic rings. The standard InChI is InChI=1S/C15H25N3O2S/c1-13(11-18-8-2-3-9-18)17-21(19,20)12-15-6-4-14(10-16)5-7-15/h4-7,13,17H,2-3,8-12,16H2,1H3. The summed E-state index contributed by atoms with van der Waals surface area (Å²) >= 11 is 0. The maximum absolute atomic E-state index is 12.2. The fourth-order valence-electron chi connectivity index (χ4n) is 2.73. The Balaban J connectivity index is 1.87. The largest absolute Gasteiger partial charge is 0.326 e. The van der Waals surface area contributed by atoms with Gasteiger partial charge in [0.2, 0.25) is 10.0 Å². The molecule has 6 heteroatoms. The normalized spacial score (nSPS) is 18.0. The maximum Gasteiger partial charge on any atom is 0.216 e. The second-order valence-electron chi connectivity index (χ2n) is 5.81. The minimum absolute atomic E-state index is 0.0161. The Kier molecular flexibility index (Phi) is 5.75. The molecular formula is C15H25N3O2S. The molecule has 3 N–H and O–H groups in total. The molecule has 1 aromatic rings. The quantitative estimate of drug-likeness (QED) is 0.789. The van der Waals surface area contributed by atoms with Gasteiger partial charge in [0, 0.05) is 19.1 Å². The molecule has 1 atom stereocenters. The molecule has 0 aliphatic carbocycles. The number of likely N-dealkylation sites (tertiary alicyclic amines) is 1. The second kappa shape index (κ2) is 7.35. The predicted octanol–water partition coefficient (Wildman–Crippen LogP) is 1.05. The SMILES string of the molecule is CC(CN1CCCC1)NS(=O)(=O)Cc1ccc(CN)cc1. The fraction of sp³-hybridized carbons (Fsp3) is 0.600. The van der Waals surface area contributed by atoms with Gasteiger partial charge in [0.1, 0.15) is 0 Å². The highest BCUT2D eigenvalue weighted by Crippen LogP contribution is 2.10. The Labute approximate surface area is 127 Å². The van der Waals surface area contributed by atoms with E-state index in [1.807, 2.05) is 31.2 Å². The zero-order chi connectivity index (χ0) is 15.3. The van der Waals surface area contributed by atoms with Crippen LogP contribution in [0.2, 0.25) is 0 Å². The number of nitrogens with one attached hydrogen (secondary N) is 1. The number of sulfonamides is 1. The average molecular weight is 311 g/mol. The van der Waals surface area contributed by atoms with Crippen LogP contribution in [0.25, 0.3) is 0 Å². The van der Waals surface area contributed by atoms with Gasteiger partial charge in [-0.25, -0.2) is 13.1 Å². The van der Waals surface area contributed by atoms with E-state index in [9.17, 15) is 8.42 Å². The summed E-state index contributed by atoms with van der Waals surface area (Å²) in [4.78, 5) is 2.31. The summed E-state index contributed by atoms with van der Waals surface area (Å²) in [7, 11) is -3.30. The van der Waals surface area contributed by atoms with E-state index in [-0.39, 0.29) is 11.8 Å². The molecule has 1 unspecified atom stereocenters. The van der Waals surface area contributed by atoms with E-state index in [1.54, 1.807) is 0 Å². The Hall–Kier alpha value is -0.950. The molecule has 1 fully saturated rings. The van der Waals surface area contributed by atoms with Gasteiger partial charge in [0.05, 0.1) is 5.75 Å². The molecule has 0 saturated carbocycles. The molecule has 1 aliphatic heterocycles. The summed E-state index contributed by atoms with van der Waals surface area (Å²) in [5.41, 5.74) is 7.33. The van der Waals surface area contributed by atoms with Gasteiger partial charge in [-0.3, -0.25) is 0 Å². The lowest BCUT2D eigenvalue weighted by atomic mass is 10.1. The van der Waals surface area contributed by atoms with Crippen LogP contribution in [0.5, 0.6) is 0 Å². The van der Waals surface area contributed by atoms with E-state index in [1.165, 1.54) is 12.8 Å². The van der Waals surface area contributed by atoms with E-state index >= 15 is 0 Å². The number of nitrogens with zero attached hydrogens (tertiary/aromatic N) is 1. The number of hydrogen-bond donors (Lipinski definition) is 2. The first-order chi connectivity index (χ1) is 9.98. The molecule has 0 amide bonds. The molecule has 5 nitrogen and oxygen atoms in total. The first-order valence-electron chi connectivity index (χ1n) is 7.49. The average Bonchev–Trinajstić information content (AvgIpc) is 2.91. The van der Waals surface area contributed by atoms with E-state index < -0.39 is 10.0 Å². The van der Waals surface area contributed by atoms with Gasteiger partial charge in [-0.05, 0) is 44.0 Å². The van der Waals surface area contributed by atoms with E-state index in [0.29, 0.717) is 6.54 Å². The van der Waals surface area contributed by atoms with Gasteiger partial charge in [-0.15, -0.1) is 0 Å². The van der Waals surface area contributed by atoms with Crippen molar-refractivity contribution in [2.45, 2.75) is 38.1 Å². The van der Waals surface area contributed by atoms with Crippen LogP contribution in [0.15, 0.2) is 24.3 Å². The van der Waals surface area contributed by atoms with Crippen LogP contribution >= 0.6 is 0 Å². The van der Waals surface area contributed by atoms with Crippen LogP contribution < -0.4 is 10.5 Å². The summed E-state index contributed by atoms with van der Waals surface area (Å²) in [6, 6.07) is 7.34. The Morgan fingerprint density at radius 1 is 1.19 bits per heavy atom. The fourth-order valence-corrected chi connectivity index (χ4v) is 4.13. The van der Waals surface area contributed by atoms with Gasteiger partial charge in [0.15, 0.2) is 0 Å². The summed E-state index contributed by atoms with van der Waals surface area (Å²) in [5.74, 6) is 0.0161. The molecule has 0 bridgehead atoms. The predicted molar refractivity (Wildman–Crippen MR) is 85.2 cm³/mol. The molecule has 1 saturated heterocycles. The summed E-state index contributed by atoms with van der Waals surface area (Å²) < 4.78 is 27.1. The Morgan fingerprint density at radius 3 is 2.33 bits per heavy atom. The molecule has 118 valence electrons. The van der Waals surface area contributed by atoms with E-state index in [4.69, 9.17) is 5.73 Å². The monoisotopic (exact) mass is 311 g/mol. The third-order valence-electron chi connectivity index (χ3n) is 3.73. The van der Waals surface area contributed by atoms with Crippen molar-refractivity contribution in [3.63, 3.8) is 0 Å². The van der Waals surface area contributed by atoms with E-state index in [2.05, 4.69) is 9.62 Å². The lowest BCUT2D eigenvalue weighted by Crippen LogP contribution is -2.41. The minimum Gasteiger partial charge on any atom is -0.326 e. The first kappa shape index (κ1) is 16.4. The van der Waals surface area contributed by atoms with Crippen LogP contribution in [0.1, 0.15) is 30.9 Å². The van der Waals surface area contributed by atoms with Crippen LogP contribution in [0.3, 0.4) is 0 Å². The summed E-state index contributed by atoms with van der Waals surface area (Å²) in [5, 5.41) is 0. The van der Waals surface area contributed by atoms with Gasteiger partial charge >= 0.3 is 0 Å². The van der Waals surface area contributed by atoms with Crippen LogP contribution in [0.4, 0.5) is 0 Å². The molecule has 0 aromatic heterocycles. The first-order valence-corrected chi connectivity index (χ1v) is 9.14. The highest BCUT2D eigenvalue weighted by atomic mass is 32.2. The van der Waals surface area contributed by atoms with Crippen molar-refractivity contribution in [1.82, 2.24) is 9.62 Å². The number of nitrogens with two attached hydrogens (primary N) is 1. The Morgan fingerprint density at radius 2 is 1.76 bits per heavy atom. The highest BCUT2D eigenvalue weighted by molar-refractivity contribution is 7.88. The molecule has 2 rings (SSSR count). The van der Waals surface area contributed by atoms with Crippen molar-refractivity contribution in [2.75, 3.05) is 19.6 Å². The Bertz CT molecular complexity index is 537. The lowest BCUT2D eigenvalue weighted by molar-refractivity contribution is 0.312. The smallest absolute Gasteiger partial charge is 0.216 e. The molecule has 1 aromatic carbocycles. The second-order valence-corrected chi connectivity index (χ2v) is 7.56. The third-order valence-corrected chi connectivity index (χ3v) is 5.20. The number of benzene rings is 1. The lowest BCUT2D eigenvalue weighted by Gasteiger charge is -2.21. The van der Waals surface area contributed by atoms with Crippen LogP contribution in [-0.2, 0) is 22.3 Å². The highest BCUT2D eigenvalue weighted by Gasteiger charge is 2.19. The van der Waals surface area contributed by atoms with Crippen molar-refractivity contribution in [3.8, 4) is 0 Å². The summed E-state index contributed by atoms with van der Waals surface area (Å²) in [6.45, 7) is 5.33.